The molecule has 0 saturated carbocycles. The lowest BCUT2D eigenvalue weighted by Gasteiger charge is -2.25. The summed E-state index contributed by atoms with van der Waals surface area (Å²) >= 11 is 1.57. The Morgan fingerprint density at radius 2 is 1.23 bits per heavy atom. The highest BCUT2D eigenvalue weighted by Crippen LogP contribution is 2.39. The summed E-state index contributed by atoms with van der Waals surface area (Å²) < 4.78 is 25.6. The van der Waals surface area contributed by atoms with E-state index in [0.717, 1.165) is 21.7 Å². The van der Waals surface area contributed by atoms with Crippen molar-refractivity contribution in [2.24, 2.45) is 0 Å². The smallest absolute Gasteiger partial charge is 0.138 e. The van der Waals surface area contributed by atoms with Crippen molar-refractivity contribution >= 4 is 11.3 Å². The molecule has 0 unspecified atom stereocenters. The minimum Gasteiger partial charge on any atom is -0.374 e. The van der Waals surface area contributed by atoms with Crippen molar-refractivity contribution in [3.05, 3.63) is 124 Å². The lowest BCUT2D eigenvalue weighted by molar-refractivity contribution is -0.0898. The van der Waals surface area contributed by atoms with E-state index in [0.29, 0.717) is 26.4 Å². The third-order valence-electron chi connectivity index (χ3n) is 5.97. The van der Waals surface area contributed by atoms with Crippen LogP contribution in [0.1, 0.15) is 27.8 Å². The Labute approximate surface area is 210 Å². The molecule has 0 spiro atoms. The van der Waals surface area contributed by atoms with Gasteiger partial charge in [0.25, 0.3) is 0 Å². The van der Waals surface area contributed by atoms with Crippen LogP contribution in [0.2, 0.25) is 0 Å². The maximum atomic E-state index is 6.52. The van der Waals surface area contributed by atoms with E-state index in [1.807, 2.05) is 60.0 Å². The summed E-state index contributed by atoms with van der Waals surface area (Å²) in [6.07, 6.45) is 0.595. The van der Waals surface area contributed by atoms with Gasteiger partial charge in [0.05, 0.1) is 26.4 Å². The summed E-state index contributed by atoms with van der Waals surface area (Å²) in [5.41, 5.74) is 3.34. The molecule has 0 N–H and O–H groups in total. The average molecular weight is 488 g/mol. The molecule has 180 valence electrons. The van der Waals surface area contributed by atoms with E-state index in [1.54, 1.807) is 17.5 Å². The van der Waals surface area contributed by atoms with Gasteiger partial charge in [0.15, 0.2) is 0 Å². The zero-order chi connectivity index (χ0) is 23.7. The lowest BCUT2D eigenvalue weighted by atomic mass is 10.1. The second kappa shape index (κ2) is 12.2. The summed E-state index contributed by atoms with van der Waals surface area (Å²) in [6, 6.07) is 30.5. The number of aromatic nitrogens is 1. The predicted molar refractivity (Wildman–Crippen MR) is 136 cm³/mol. The predicted octanol–water partition coefficient (Wildman–Crippen LogP) is 5.97. The normalized spacial score (nSPS) is 21.8. The van der Waals surface area contributed by atoms with Gasteiger partial charge in [-0.3, -0.25) is 0 Å². The van der Waals surface area contributed by atoms with Gasteiger partial charge in [-0.2, -0.15) is 0 Å². The first kappa shape index (κ1) is 23.9. The number of nitrogens with zero attached hydrogens (tertiary/aromatic N) is 1. The largest absolute Gasteiger partial charge is 0.374 e. The van der Waals surface area contributed by atoms with E-state index in [1.165, 1.54) is 0 Å². The Balaban J connectivity index is 1.33. The van der Waals surface area contributed by atoms with Crippen LogP contribution in [0.3, 0.4) is 0 Å². The van der Waals surface area contributed by atoms with E-state index in [2.05, 4.69) is 41.4 Å². The molecule has 0 radical (unpaired) electrons. The fraction of sp³-hybridized carbons (Fsp3) is 0.276. The summed E-state index contributed by atoms with van der Waals surface area (Å²) in [6.45, 7) is 1.87. The van der Waals surface area contributed by atoms with Crippen LogP contribution < -0.4 is 0 Å². The number of benzene rings is 3. The van der Waals surface area contributed by atoms with E-state index in [-0.39, 0.29) is 24.4 Å². The van der Waals surface area contributed by atoms with Crippen molar-refractivity contribution in [3.8, 4) is 0 Å². The molecule has 35 heavy (non-hydrogen) atoms. The fourth-order valence-electron chi connectivity index (χ4n) is 4.22. The van der Waals surface area contributed by atoms with Crippen molar-refractivity contribution < 1.29 is 18.9 Å². The van der Waals surface area contributed by atoms with Gasteiger partial charge >= 0.3 is 0 Å². The van der Waals surface area contributed by atoms with Crippen molar-refractivity contribution in [3.63, 3.8) is 0 Å². The van der Waals surface area contributed by atoms with Crippen molar-refractivity contribution in [2.45, 2.75) is 44.2 Å². The van der Waals surface area contributed by atoms with Crippen molar-refractivity contribution in [1.29, 1.82) is 0 Å². The Morgan fingerprint density at radius 1 is 0.686 bits per heavy atom. The third-order valence-corrected chi connectivity index (χ3v) is 6.81. The molecular formula is C29H29NO4S. The van der Waals surface area contributed by atoms with Gasteiger partial charge in [-0.15, -0.1) is 11.3 Å². The van der Waals surface area contributed by atoms with Gasteiger partial charge in [-0.25, -0.2) is 4.98 Å². The second-order valence-corrected chi connectivity index (χ2v) is 9.41. The monoisotopic (exact) mass is 487 g/mol. The highest BCUT2D eigenvalue weighted by molar-refractivity contribution is 7.09. The average Bonchev–Trinajstić information content (AvgIpc) is 3.56. The molecule has 5 rings (SSSR count). The molecule has 1 fully saturated rings. The maximum Gasteiger partial charge on any atom is 0.138 e. The maximum absolute atomic E-state index is 6.52. The second-order valence-electron chi connectivity index (χ2n) is 8.49. The topological polar surface area (TPSA) is 49.8 Å². The molecule has 5 nitrogen and oxygen atoms in total. The van der Waals surface area contributed by atoms with Crippen LogP contribution in [0.4, 0.5) is 0 Å². The number of rotatable bonds is 11. The zero-order valence-electron chi connectivity index (χ0n) is 19.4. The molecule has 1 aliphatic rings. The van der Waals surface area contributed by atoms with E-state index in [4.69, 9.17) is 18.9 Å². The van der Waals surface area contributed by atoms with Crippen LogP contribution in [-0.4, -0.2) is 29.9 Å². The molecule has 0 aliphatic carbocycles. The molecule has 6 heteroatoms. The van der Waals surface area contributed by atoms with E-state index >= 15 is 0 Å². The summed E-state index contributed by atoms with van der Waals surface area (Å²) in [5.74, 6) is 0. The lowest BCUT2D eigenvalue weighted by Crippen LogP contribution is -2.37. The Bertz CT molecular complexity index is 1130. The van der Waals surface area contributed by atoms with Crippen LogP contribution in [0.5, 0.6) is 0 Å². The van der Waals surface area contributed by atoms with Gasteiger partial charge < -0.3 is 18.9 Å². The third kappa shape index (κ3) is 6.42. The number of ether oxygens (including phenoxy) is 4. The van der Waals surface area contributed by atoms with Crippen LogP contribution >= 0.6 is 11.3 Å². The van der Waals surface area contributed by atoms with Gasteiger partial charge in [-0.05, 0) is 16.7 Å². The summed E-state index contributed by atoms with van der Waals surface area (Å²) in [7, 11) is 0. The highest BCUT2D eigenvalue weighted by Gasteiger charge is 2.48. The minimum absolute atomic E-state index is 0.280. The standard InChI is InChI=1S/C29H29NO4S/c1-4-10-22(11-5-1)18-31-21-25-26(32-19-23-12-6-2-7-13-23)27(28(34-25)29-30-16-17-35-29)33-20-24-14-8-3-9-15-24/h1-17,25-28H,18-21H2/t25-,26-,27-,28-/m1/s1. The molecule has 4 aromatic rings. The Kier molecular flexibility index (Phi) is 8.31. The van der Waals surface area contributed by atoms with E-state index in [9.17, 15) is 0 Å². The molecule has 1 aliphatic heterocycles. The van der Waals surface area contributed by atoms with Gasteiger partial charge in [-0.1, -0.05) is 91.0 Å². The molecule has 3 aromatic carbocycles. The van der Waals surface area contributed by atoms with E-state index < -0.39 is 0 Å². The first-order valence-corrected chi connectivity index (χ1v) is 12.7. The molecule has 1 saturated heterocycles. The minimum atomic E-state index is -0.315. The molecule has 0 amide bonds. The van der Waals surface area contributed by atoms with Gasteiger partial charge in [0.2, 0.25) is 0 Å². The van der Waals surface area contributed by atoms with Crippen LogP contribution in [0.25, 0.3) is 0 Å². The van der Waals surface area contributed by atoms with Crippen LogP contribution in [-0.2, 0) is 38.8 Å². The SMILES string of the molecule is c1ccc(COC[C@H]2O[C@@H](c3nccs3)[C@H](OCc3ccccc3)[C@@H]2OCc2ccccc2)cc1. The fourth-order valence-corrected chi connectivity index (χ4v) is 4.93. The number of thiazole rings is 1. The number of hydrogen-bond donors (Lipinski definition) is 0. The first-order chi connectivity index (χ1) is 17.4. The highest BCUT2D eigenvalue weighted by atomic mass is 32.1. The Hall–Kier alpha value is -2.87. The molecule has 1 aromatic heterocycles. The summed E-state index contributed by atoms with van der Waals surface area (Å²) in [5, 5.41) is 2.85. The van der Waals surface area contributed by atoms with Crippen LogP contribution in [0, 0.1) is 0 Å². The zero-order valence-corrected chi connectivity index (χ0v) is 20.3. The first-order valence-electron chi connectivity index (χ1n) is 11.8. The van der Waals surface area contributed by atoms with Gasteiger partial charge in [0, 0.05) is 11.6 Å². The van der Waals surface area contributed by atoms with Crippen molar-refractivity contribution in [2.75, 3.05) is 6.61 Å². The number of hydrogen-bond acceptors (Lipinski definition) is 6. The Morgan fingerprint density at radius 3 is 1.77 bits per heavy atom. The van der Waals surface area contributed by atoms with Crippen LogP contribution in [0.15, 0.2) is 103 Å². The molecule has 2 heterocycles. The summed E-state index contributed by atoms with van der Waals surface area (Å²) in [4.78, 5) is 4.54. The van der Waals surface area contributed by atoms with Gasteiger partial charge in [0.1, 0.15) is 29.4 Å². The molecular weight excluding hydrogens is 458 g/mol. The quantitative estimate of drug-likeness (QED) is 0.261. The molecule has 4 atom stereocenters. The molecule has 0 bridgehead atoms. The van der Waals surface area contributed by atoms with Crippen molar-refractivity contribution in [1.82, 2.24) is 4.98 Å².